The Morgan fingerprint density at radius 1 is 1.08 bits per heavy atom. The lowest BCUT2D eigenvalue weighted by Gasteiger charge is -2.37. The summed E-state index contributed by atoms with van der Waals surface area (Å²) in [6.45, 7) is 6.92. The second-order valence-corrected chi connectivity index (χ2v) is 10.8. The van der Waals surface area contributed by atoms with E-state index < -0.39 is 12.0 Å². The van der Waals surface area contributed by atoms with E-state index >= 15 is 4.39 Å². The smallest absolute Gasteiger partial charge is 0.303 e. The number of aliphatic carboxylic acids is 1. The number of unbranched alkanes of at least 4 members (excludes halogenated alkanes) is 1. The summed E-state index contributed by atoms with van der Waals surface area (Å²) in [4.78, 5) is 39.4. The number of carboxylic acids is 1. The van der Waals surface area contributed by atoms with Crippen LogP contribution in [0.2, 0.25) is 0 Å². The first-order chi connectivity index (χ1) is 17.6. The lowest BCUT2D eigenvalue weighted by atomic mass is 9.84. The van der Waals surface area contributed by atoms with Crippen LogP contribution >= 0.6 is 0 Å². The van der Waals surface area contributed by atoms with E-state index in [1.54, 1.807) is 4.90 Å². The zero-order valence-electron chi connectivity index (χ0n) is 21.9. The van der Waals surface area contributed by atoms with Gasteiger partial charge in [0.15, 0.2) is 5.78 Å². The van der Waals surface area contributed by atoms with E-state index in [2.05, 4.69) is 0 Å². The van der Waals surface area contributed by atoms with Gasteiger partial charge in [0.1, 0.15) is 17.6 Å². The van der Waals surface area contributed by atoms with Gasteiger partial charge in [-0.1, -0.05) is 26.0 Å². The number of carboxylic acid groups (broad SMARTS) is 1. The lowest BCUT2D eigenvalue weighted by molar-refractivity contribution is -0.140. The number of nitrogens with zero attached hydrogens (tertiary/aromatic N) is 1. The highest BCUT2D eigenvalue weighted by Crippen LogP contribution is 2.41. The van der Waals surface area contributed by atoms with E-state index in [-0.39, 0.29) is 42.2 Å². The van der Waals surface area contributed by atoms with Crippen LogP contribution in [0.3, 0.4) is 0 Å². The largest absolute Gasteiger partial charge is 0.494 e. The highest BCUT2D eigenvalue weighted by atomic mass is 19.1. The summed E-state index contributed by atoms with van der Waals surface area (Å²) in [5.41, 5.74) is 3.87. The fourth-order valence-corrected chi connectivity index (χ4v) is 5.82. The van der Waals surface area contributed by atoms with E-state index in [4.69, 9.17) is 9.84 Å². The SMILES string of the molecule is CCOc1ccc2c(c1)CCN(C(=O)CCCCC(=O)O)[C@H]2C(=O)Cc1cc(F)c2c(c1)CCC2(C)C. The Bertz CT molecular complexity index is 1200. The van der Waals surface area contributed by atoms with Crippen LogP contribution in [-0.4, -0.2) is 40.8 Å². The summed E-state index contributed by atoms with van der Waals surface area (Å²) < 4.78 is 20.7. The number of ketones is 1. The maximum atomic E-state index is 15.1. The maximum absolute atomic E-state index is 15.1. The zero-order valence-corrected chi connectivity index (χ0v) is 21.9. The average molecular weight is 510 g/mol. The number of carbonyl (C=O) groups excluding carboxylic acids is 2. The van der Waals surface area contributed by atoms with E-state index in [1.807, 2.05) is 45.0 Å². The third-order valence-electron chi connectivity index (χ3n) is 7.62. The standard InChI is InChI=1S/C30H36FNO5/c1-4-37-22-9-10-23-20(18-22)12-14-32(26(34)7-5-6-8-27(35)36)29(23)25(33)17-19-15-21-11-13-30(2,3)28(21)24(31)16-19/h9-10,15-16,18,29H,4-8,11-14,17H2,1-3H3,(H,35,36)/t29-/m1/s1. The third kappa shape index (κ3) is 5.86. The van der Waals surface area contributed by atoms with Gasteiger partial charge in [0.05, 0.1) is 6.61 Å². The Balaban J connectivity index is 1.60. The first-order valence-electron chi connectivity index (χ1n) is 13.2. The summed E-state index contributed by atoms with van der Waals surface area (Å²) in [5.74, 6) is -0.739. The van der Waals surface area contributed by atoms with Crippen LogP contribution in [0.1, 0.15) is 86.7 Å². The molecule has 1 atom stereocenters. The summed E-state index contributed by atoms with van der Waals surface area (Å²) in [6.07, 6.45) is 3.35. The van der Waals surface area contributed by atoms with Gasteiger partial charge in [0.25, 0.3) is 0 Å². The molecule has 4 rings (SSSR count). The molecule has 6 nitrogen and oxygen atoms in total. The quantitative estimate of drug-likeness (QED) is 0.438. The minimum Gasteiger partial charge on any atom is -0.494 e. The van der Waals surface area contributed by atoms with Crippen LogP contribution < -0.4 is 4.74 Å². The average Bonchev–Trinajstić information content (AvgIpc) is 3.15. The molecular weight excluding hydrogens is 473 g/mol. The Kier molecular flexibility index (Phi) is 8.00. The number of ether oxygens (including phenoxy) is 1. The Morgan fingerprint density at radius 3 is 2.57 bits per heavy atom. The molecule has 1 aliphatic carbocycles. The molecule has 37 heavy (non-hydrogen) atoms. The van der Waals surface area contributed by atoms with Gasteiger partial charge in [-0.05, 0) is 90.5 Å². The fraction of sp³-hybridized carbons (Fsp3) is 0.500. The number of halogens is 1. The van der Waals surface area contributed by atoms with Gasteiger partial charge < -0.3 is 14.7 Å². The van der Waals surface area contributed by atoms with Gasteiger partial charge >= 0.3 is 5.97 Å². The second kappa shape index (κ2) is 11.0. The van der Waals surface area contributed by atoms with Crippen molar-refractivity contribution >= 4 is 17.7 Å². The van der Waals surface area contributed by atoms with Crippen LogP contribution in [0.5, 0.6) is 5.75 Å². The monoisotopic (exact) mass is 509 g/mol. The van der Waals surface area contributed by atoms with Gasteiger partial charge in [0, 0.05) is 25.8 Å². The van der Waals surface area contributed by atoms with Crippen LogP contribution in [0, 0.1) is 5.82 Å². The van der Waals surface area contributed by atoms with Crippen molar-refractivity contribution in [1.82, 2.24) is 4.90 Å². The van der Waals surface area contributed by atoms with Crippen molar-refractivity contribution in [3.63, 3.8) is 0 Å². The number of benzene rings is 2. The van der Waals surface area contributed by atoms with Crippen molar-refractivity contribution in [2.45, 2.75) is 83.6 Å². The van der Waals surface area contributed by atoms with Gasteiger partial charge in [-0.3, -0.25) is 14.4 Å². The second-order valence-electron chi connectivity index (χ2n) is 10.8. The third-order valence-corrected chi connectivity index (χ3v) is 7.62. The Morgan fingerprint density at radius 2 is 1.84 bits per heavy atom. The van der Waals surface area contributed by atoms with E-state index in [0.29, 0.717) is 38.0 Å². The molecule has 1 heterocycles. The summed E-state index contributed by atoms with van der Waals surface area (Å²) >= 11 is 0. The van der Waals surface area contributed by atoms with Crippen molar-refractivity contribution < 1.29 is 28.6 Å². The number of amides is 1. The molecule has 2 aromatic rings. The molecule has 0 aromatic heterocycles. The van der Waals surface area contributed by atoms with Crippen molar-refractivity contribution in [3.8, 4) is 5.75 Å². The normalized spacial score (nSPS) is 17.7. The molecule has 2 aliphatic rings. The molecule has 1 amide bonds. The molecule has 0 saturated heterocycles. The van der Waals surface area contributed by atoms with Crippen molar-refractivity contribution in [1.29, 1.82) is 0 Å². The van der Waals surface area contributed by atoms with Crippen molar-refractivity contribution in [2.24, 2.45) is 0 Å². The molecule has 198 valence electrons. The van der Waals surface area contributed by atoms with Gasteiger partial charge in [0.2, 0.25) is 5.91 Å². The van der Waals surface area contributed by atoms with Crippen molar-refractivity contribution in [2.75, 3.05) is 13.2 Å². The lowest BCUT2D eigenvalue weighted by Crippen LogP contribution is -2.44. The predicted molar refractivity (Wildman–Crippen MR) is 138 cm³/mol. The molecule has 0 unspecified atom stereocenters. The number of Topliss-reactive ketones (excluding diaryl/α,β-unsaturated/α-hetero) is 1. The summed E-state index contributed by atoms with van der Waals surface area (Å²) in [5, 5.41) is 8.88. The van der Waals surface area contributed by atoms with E-state index in [1.165, 1.54) is 6.07 Å². The number of fused-ring (bicyclic) bond motifs is 2. The summed E-state index contributed by atoms with van der Waals surface area (Å²) in [6, 6.07) is 8.28. The van der Waals surface area contributed by atoms with E-state index in [9.17, 15) is 14.4 Å². The first kappa shape index (κ1) is 26.8. The highest BCUT2D eigenvalue weighted by Gasteiger charge is 2.37. The van der Waals surface area contributed by atoms with Crippen LogP contribution in [-0.2, 0) is 39.1 Å². The minimum absolute atomic E-state index is 0.0133. The topological polar surface area (TPSA) is 83.9 Å². The summed E-state index contributed by atoms with van der Waals surface area (Å²) in [7, 11) is 0. The maximum Gasteiger partial charge on any atom is 0.303 e. The Hall–Kier alpha value is -3.22. The molecule has 0 fully saturated rings. The molecule has 7 heteroatoms. The van der Waals surface area contributed by atoms with Crippen LogP contribution in [0.25, 0.3) is 0 Å². The van der Waals surface area contributed by atoms with Gasteiger partial charge in [-0.15, -0.1) is 0 Å². The number of aryl methyl sites for hydroxylation is 1. The zero-order chi connectivity index (χ0) is 26.7. The van der Waals surface area contributed by atoms with Crippen LogP contribution in [0.15, 0.2) is 30.3 Å². The molecule has 2 aromatic carbocycles. The fourth-order valence-electron chi connectivity index (χ4n) is 5.82. The highest BCUT2D eigenvalue weighted by molar-refractivity contribution is 5.92. The van der Waals surface area contributed by atoms with Gasteiger partial charge in [-0.25, -0.2) is 4.39 Å². The molecular formula is C30H36FNO5. The van der Waals surface area contributed by atoms with Gasteiger partial charge in [-0.2, -0.15) is 0 Å². The predicted octanol–water partition coefficient (Wildman–Crippen LogP) is 5.33. The van der Waals surface area contributed by atoms with E-state index in [0.717, 1.165) is 40.8 Å². The molecule has 0 bridgehead atoms. The van der Waals surface area contributed by atoms with Crippen LogP contribution in [0.4, 0.5) is 4.39 Å². The first-order valence-corrected chi connectivity index (χ1v) is 13.2. The van der Waals surface area contributed by atoms with Crippen molar-refractivity contribution in [3.05, 3.63) is 64.0 Å². The molecule has 0 saturated carbocycles. The molecule has 1 N–H and O–H groups in total. The number of carbonyl (C=O) groups is 3. The number of hydrogen-bond donors (Lipinski definition) is 1. The molecule has 0 spiro atoms. The number of rotatable bonds is 10. The Labute approximate surface area is 217 Å². The molecule has 1 aliphatic heterocycles. The number of hydrogen-bond acceptors (Lipinski definition) is 4. The molecule has 0 radical (unpaired) electrons. The minimum atomic E-state index is -0.887.